The maximum Gasteiger partial charge on any atom is 0.225 e. The minimum absolute atomic E-state index is 0.160. The van der Waals surface area contributed by atoms with Crippen molar-refractivity contribution in [2.24, 2.45) is 5.73 Å². The number of nitrogens with zero attached hydrogens (tertiary/aromatic N) is 2. The van der Waals surface area contributed by atoms with Crippen molar-refractivity contribution in [2.45, 2.75) is 31.8 Å². The molecule has 0 saturated carbocycles. The summed E-state index contributed by atoms with van der Waals surface area (Å²) in [5.41, 5.74) is 5.54. The fourth-order valence-corrected chi connectivity index (χ4v) is 2.70. The van der Waals surface area contributed by atoms with Gasteiger partial charge in [0, 0.05) is 45.9 Å². The Morgan fingerprint density at radius 3 is 2.61 bits per heavy atom. The lowest BCUT2D eigenvalue weighted by atomic mass is 10.1. The lowest BCUT2D eigenvalue weighted by Gasteiger charge is -2.35. The summed E-state index contributed by atoms with van der Waals surface area (Å²) in [4.78, 5) is 16.4. The van der Waals surface area contributed by atoms with E-state index < -0.39 is 0 Å². The Hall–Kier alpha value is -0.650. The van der Waals surface area contributed by atoms with E-state index in [1.807, 2.05) is 4.90 Å². The molecule has 18 heavy (non-hydrogen) atoms. The van der Waals surface area contributed by atoms with Gasteiger partial charge in [0.1, 0.15) is 0 Å². The van der Waals surface area contributed by atoms with Crippen LogP contribution < -0.4 is 5.73 Å². The summed E-state index contributed by atoms with van der Waals surface area (Å²) in [6.07, 6.45) is 4.11. The molecule has 2 aliphatic heterocycles. The summed E-state index contributed by atoms with van der Waals surface area (Å²) >= 11 is 0. The van der Waals surface area contributed by atoms with E-state index in [0.717, 1.165) is 52.2 Å². The highest BCUT2D eigenvalue weighted by Gasteiger charge is 2.24. The van der Waals surface area contributed by atoms with E-state index in [9.17, 15) is 4.79 Å². The van der Waals surface area contributed by atoms with Gasteiger partial charge in [-0.3, -0.25) is 9.69 Å². The van der Waals surface area contributed by atoms with Gasteiger partial charge in [0.05, 0.1) is 12.5 Å². The number of amides is 1. The third-order valence-electron chi connectivity index (χ3n) is 3.85. The van der Waals surface area contributed by atoms with Gasteiger partial charge in [-0.25, -0.2) is 0 Å². The highest BCUT2D eigenvalue weighted by molar-refractivity contribution is 5.76. The van der Waals surface area contributed by atoms with Crippen molar-refractivity contribution in [3.63, 3.8) is 0 Å². The third-order valence-corrected chi connectivity index (χ3v) is 3.85. The van der Waals surface area contributed by atoms with Crippen LogP contribution in [0.5, 0.6) is 0 Å². The van der Waals surface area contributed by atoms with Gasteiger partial charge in [0.25, 0.3) is 0 Å². The van der Waals surface area contributed by atoms with Gasteiger partial charge in [-0.05, 0) is 19.3 Å². The molecule has 0 aromatic heterocycles. The molecule has 104 valence electrons. The van der Waals surface area contributed by atoms with Crippen molar-refractivity contribution >= 4 is 5.91 Å². The van der Waals surface area contributed by atoms with Crippen LogP contribution in [-0.2, 0) is 9.53 Å². The Morgan fingerprint density at radius 1 is 1.22 bits per heavy atom. The molecule has 1 atom stereocenters. The number of carbonyl (C=O) groups is 1. The van der Waals surface area contributed by atoms with Crippen LogP contribution in [0, 0.1) is 0 Å². The minimum Gasteiger partial charge on any atom is -0.378 e. The monoisotopic (exact) mass is 255 g/mol. The summed E-state index contributed by atoms with van der Waals surface area (Å²) in [5.74, 6) is 0.259. The molecule has 1 amide bonds. The first-order valence-electron chi connectivity index (χ1n) is 7.11. The second kappa shape index (κ2) is 7.07. The molecule has 2 fully saturated rings. The second-order valence-electron chi connectivity index (χ2n) is 5.20. The molecule has 2 saturated heterocycles. The maximum atomic E-state index is 12.1. The van der Waals surface area contributed by atoms with Gasteiger partial charge in [0.15, 0.2) is 0 Å². The van der Waals surface area contributed by atoms with Crippen molar-refractivity contribution < 1.29 is 9.53 Å². The summed E-state index contributed by atoms with van der Waals surface area (Å²) in [6, 6.07) is 0. The number of piperazine rings is 1. The molecular formula is C13H25N3O2. The van der Waals surface area contributed by atoms with Crippen molar-refractivity contribution in [2.75, 3.05) is 45.9 Å². The molecule has 2 N–H and O–H groups in total. The molecule has 0 aliphatic carbocycles. The Labute approximate surface area is 109 Å². The van der Waals surface area contributed by atoms with Crippen LogP contribution in [-0.4, -0.2) is 67.7 Å². The van der Waals surface area contributed by atoms with Crippen LogP contribution in [0.1, 0.15) is 25.7 Å². The van der Waals surface area contributed by atoms with Crippen molar-refractivity contribution in [3.8, 4) is 0 Å². The minimum atomic E-state index is 0.160. The van der Waals surface area contributed by atoms with E-state index in [4.69, 9.17) is 10.5 Å². The molecule has 0 aromatic rings. The summed E-state index contributed by atoms with van der Waals surface area (Å²) in [7, 11) is 0. The van der Waals surface area contributed by atoms with Gasteiger partial charge in [0.2, 0.25) is 5.91 Å². The predicted molar refractivity (Wildman–Crippen MR) is 70.3 cm³/mol. The predicted octanol–water partition coefficient (Wildman–Crippen LogP) is 0.0485. The molecule has 5 heteroatoms. The Kier molecular flexibility index (Phi) is 5.41. The van der Waals surface area contributed by atoms with E-state index in [2.05, 4.69) is 4.90 Å². The first-order chi connectivity index (χ1) is 8.79. The number of carbonyl (C=O) groups excluding carboxylic acids is 1. The first kappa shape index (κ1) is 13.8. The van der Waals surface area contributed by atoms with Gasteiger partial charge >= 0.3 is 0 Å². The van der Waals surface area contributed by atoms with Crippen LogP contribution in [0.25, 0.3) is 0 Å². The van der Waals surface area contributed by atoms with Crippen molar-refractivity contribution in [3.05, 3.63) is 0 Å². The quantitative estimate of drug-likeness (QED) is 0.771. The number of ether oxygens (including phenoxy) is 1. The molecule has 0 radical (unpaired) electrons. The van der Waals surface area contributed by atoms with Gasteiger partial charge in [-0.15, -0.1) is 0 Å². The average molecular weight is 255 g/mol. The number of rotatable bonds is 4. The number of hydrogen-bond donors (Lipinski definition) is 1. The topological polar surface area (TPSA) is 58.8 Å². The van der Waals surface area contributed by atoms with Gasteiger partial charge in [-0.2, -0.15) is 0 Å². The fraction of sp³-hybridized carbons (Fsp3) is 0.923. The summed E-state index contributed by atoms with van der Waals surface area (Å²) in [6.45, 7) is 6.04. The average Bonchev–Trinajstić information content (AvgIpc) is 2.41. The van der Waals surface area contributed by atoms with E-state index in [1.54, 1.807) is 0 Å². The van der Waals surface area contributed by atoms with Crippen LogP contribution >= 0.6 is 0 Å². The van der Waals surface area contributed by atoms with Crippen LogP contribution in [0.2, 0.25) is 0 Å². The standard InChI is InChI=1S/C13H25N3O2/c14-4-5-15-6-8-16(9-7-15)13(17)11-12-3-1-2-10-18-12/h12H,1-11,14H2. The zero-order valence-electron chi connectivity index (χ0n) is 11.1. The van der Waals surface area contributed by atoms with Gasteiger partial charge < -0.3 is 15.4 Å². The Bertz CT molecular complexity index is 259. The molecule has 0 bridgehead atoms. The van der Waals surface area contributed by atoms with E-state index in [0.29, 0.717) is 13.0 Å². The normalized spacial score (nSPS) is 26.3. The fourth-order valence-electron chi connectivity index (χ4n) is 2.70. The van der Waals surface area contributed by atoms with E-state index >= 15 is 0 Å². The Balaban J connectivity index is 1.70. The largest absolute Gasteiger partial charge is 0.378 e. The number of hydrogen-bond acceptors (Lipinski definition) is 4. The number of nitrogens with two attached hydrogens (primary N) is 1. The lowest BCUT2D eigenvalue weighted by Crippen LogP contribution is -2.50. The molecule has 5 nitrogen and oxygen atoms in total. The molecule has 1 unspecified atom stereocenters. The zero-order valence-corrected chi connectivity index (χ0v) is 11.1. The van der Waals surface area contributed by atoms with E-state index in [-0.39, 0.29) is 12.0 Å². The van der Waals surface area contributed by atoms with Crippen LogP contribution in [0.4, 0.5) is 0 Å². The molecule has 2 heterocycles. The maximum absolute atomic E-state index is 12.1. The lowest BCUT2D eigenvalue weighted by molar-refractivity contribution is -0.136. The summed E-state index contributed by atoms with van der Waals surface area (Å²) in [5, 5.41) is 0. The van der Waals surface area contributed by atoms with Crippen LogP contribution in [0.15, 0.2) is 0 Å². The van der Waals surface area contributed by atoms with Crippen LogP contribution in [0.3, 0.4) is 0 Å². The molecule has 0 aromatic carbocycles. The highest BCUT2D eigenvalue weighted by Crippen LogP contribution is 2.17. The molecule has 2 aliphatic rings. The highest BCUT2D eigenvalue weighted by atomic mass is 16.5. The zero-order chi connectivity index (χ0) is 12.8. The third kappa shape index (κ3) is 3.93. The first-order valence-corrected chi connectivity index (χ1v) is 7.11. The summed E-state index contributed by atoms with van der Waals surface area (Å²) < 4.78 is 5.62. The molecule has 2 rings (SSSR count). The second-order valence-corrected chi connectivity index (χ2v) is 5.20. The smallest absolute Gasteiger partial charge is 0.225 e. The van der Waals surface area contributed by atoms with Crippen molar-refractivity contribution in [1.82, 2.24) is 9.80 Å². The van der Waals surface area contributed by atoms with Crippen molar-refractivity contribution in [1.29, 1.82) is 0 Å². The SMILES string of the molecule is NCCN1CCN(C(=O)CC2CCCCO2)CC1. The van der Waals surface area contributed by atoms with Gasteiger partial charge in [-0.1, -0.05) is 0 Å². The molecule has 0 spiro atoms. The van der Waals surface area contributed by atoms with E-state index in [1.165, 1.54) is 6.42 Å². The molecular weight excluding hydrogens is 230 g/mol. The Morgan fingerprint density at radius 2 is 2.00 bits per heavy atom.